The molecule has 0 aromatic heterocycles. The van der Waals surface area contributed by atoms with Gasteiger partial charge in [-0.25, -0.2) is 0 Å². The van der Waals surface area contributed by atoms with Crippen LogP contribution in [0.15, 0.2) is 82.9 Å². The summed E-state index contributed by atoms with van der Waals surface area (Å²) >= 11 is 1.77. The van der Waals surface area contributed by atoms with E-state index in [-0.39, 0.29) is 55.3 Å². The number of unbranched alkanes of at least 4 members (excludes halogenated alkanes) is 2. The smallest absolute Gasteiger partial charge is 0.239 e. The number of benzene rings is 2. The van der Waals surface area contributed by atoms with Gasteiger partial charge in [0.2, 0.25) is 11.7 Å². The topological polar surface area (TPSA) is 110 Å². The van der Waals surface area contributed by atoms with E-state index < -0.39 is 11.8 Å². The Kier molecular flexibility index (Phi) is 14.6. The molecule has 2 fully saturated rings. The van der Waals surface area contributed by atoms with Gasteiger partial charge in [0.15, 0.2) is 0 Å². The zero-order chi connectivity index (χ0) is 37.9. The normalized spacial score (nSPS) is 26.3. The third kappa shape index (κ3) is 9.04. The van der Waals surface area contributed by atoms with Gasteiger partial charge in [-0.1, -0.05) is 55.3 Å². The molecule has 9 nitrogen and oxygen atoms in total. The Morgan fingerprint density at radius 1 is 1.07 bits per heavy atom. The molecule has 0 bridgehead atoms. The number of hydrogen-bond donors (Lipinski definition) is 2. The maximum absolute atomic E-state index is 14.2. The molecule has 294 valence electrons. The van der Waals surface area contributed by atoms with Crippen LogP contribution in [0.4, 0.5) is 0 Å². The molecule has 1 aliphatic heterocycles. The first kappa shape index (κ1) is 40.4. The molecule has 0 saturated heterocycles. The Hall–Kier alpha value is -3.31. The molecule has 2 saturated carbocycles. The van der Waals surface area contributed by atoms with Crippen molar-refractivity contribution in [1.29, 1.82) is 0 Å². The molecule has 2 N–H and O–H groups in total. The first-order valence-corrected chi connectivity index (χ1v) is 21.3. The molecule has 0 unspecified atom stereocenters. The van der Waals surface area contributed by atoms with E-state index in [2.05, 4.69) is 49.9 Å². The van der Waals surface area contributed by atoms with Gasteiger partial charge in [-0.2, -0.15) is 0 Å². The van der Waals surface area contributed by atoms with Crippen LogP contribution in [0, 0.1) is 23.7 Å². The molecule has 2 aromatic rings. The third-order valence-corrected chi connectivity index (χ3v) is 12.3. The molecule has 3 aliphatic carbocycles. The van der Waals surface area contributed by atoms with Crippen LogP contribution in [0.3, 0.4) is 0 Å². The summed E-state index contributed by atoms with van der Waals surface area (Å²) < 4.78 is 20.8. The second kappa shape index (κ2) is 19.5. The van der Waals surface area contributed by atoms with Crippen molar-refractivity contribution in [3.8, 4) is 11.5 Å². The number of carbonyl (C=O) groups excluding carboxylic acids is 1. The van der Waals surface area contributed by atoms with E-state index in [0.717, 1.165) is 91.9 Å². The van der Waals surface area contributed by atoms with Crippen molar-refractivity contribution in [3.63, 3.8) is 0 Å². The van der Waals surface area contributed by atoms with Gasteiger partial charge in [-0.05, 0) is 99.6 Å². The summed E-state index contributed by atoms with van der Waals surface area (Å²) in [6.45, 7) is 10.2. The fraction of sp³-hybridized carbons (Fsp3) is 0.591. The van der Waals surface area contributed by atoms with Crippen LogP contribution < -0.4 is 9.47 Å². The van der Waals surface area contributed by atoms with Gasteiger partial charge in [-0.15, -0.1) is 18.3 Å². The van der Waals surface area contributed by atoms with Gasteiger partial charge < -0.3 is 34.2 Å². The number of thioether (sulfide) groups is 1. The summed E-state index contributed by atoms with van der Waals surface area (Å²) in [5.74, 6) is 1.33. The number of fused-ring (bicyclic) bond motifs is 2. The maximum atomic E-state index is 14.2. The molecule has 6 rings (SSSR count). The number of amides is 1. The van der Waals surface area contributed by atoms with Crippen molar-refractivity contribution < 1.29 is 34.1 Å². The number of hydrogen-bond acceptors (Lipinski definition) is 9. The van der Waals surface area contributed by atoms with E-state index in [1.807, 2.05) is 30.0 Å². The van der Waals surface area contributed by atoms with Gasteiger partial charge in [0.05, 0.1) is 24.8 Å². The lowest BCUT2D eigenvalue weighted by Crippen LogP contribution is -2.70. The van der Waals surface area contributed by atoms with Crippen molar-refractivity contribution >= 4 is 23.4 Å². The lowest BCUT2D eigenvalue weighted by molar-refractivity contribution is -0.257. The number of aliphatic hydroxyl groups excluding tert-OH is 2. The van der Waals surface area contributed by atoms with Crippen LogP contribution in [-0.4, -0.2) is 83.9 Å². The first-order valence-electron chi connectivity index (χ1n) is 20.3. The third-order valence-electron chi connectivity index (χ3n) is 11.4. The van der Waals surface area contributed by atoms with Crippen LogP contribution in [-0.2, 0) is 14.4 Å². The number of aliphatic hydroxyl groups is 2. The van der Waals surface area contributed by atoms with E-state index in [0.29, 0.717) is 26.2 Å². The summed E-state index contributed by atoms with van der Waals surface area (Å²) in [4.78, 5) is 23.3. The van der Waals surface area contributed by atoms with Crippen molar-refractivity contribution in [2.45, 2.75) is 101 Å². The van der Waals surface area contributed by atoms with Gasteiger partial charge in [-0.3, -0.25) is 4.79 Å². The van der Waals surface area contributed by atoms with Crippen LogP contribution in [0.2, 0.25) is 0 Å². The number of oxime groups is 1. The molecule has 54 heavy (non-hydrogen) atoms. The maximum Gasteiger partial charge on any atom is 0.239 e. The second-order valence-electron chi connectivity index (χ2n) is 15.0. The highest BCUT2D eigenvalue weighted by molar-refractivity contribution is 7.99. The zero-order valence-corrected chi connectivity index (χ0v) is 33.0. The fourth-order valence-corrected chi connectivity index (χ4v) is 9.69. The summed E-state index contributed by atoms with van der Waals surface area (Å²) in [5, 5.41) is 24.5. The molecular weight excluding hydrogens is 701 g/mol. The number of rotatable bonds is 22. The number of allylic oxidation sites excluding steroid dienone is 1. The summed E-state index contributed by atoms with van der Waals surface area (Å²) in [5.41, 5.74) is 2.98. The minimum atomic E-state index is -1.21. The van der Waals surface area contributed by atoms with E-state index in [1.54, 1.807) is 17.8 Å². The van der Waals surface area contributed by atoms with Crippen LogP contribution in [0.1, 0.15) is 89.5 Å². The SMILES string of the molecule is C=CCO[C@@]12Oc3ccc(OCCSc4ccccc4)cc3[C@H]3[C@H](CCCCO)[C@@H](CCCCO)C=C(C(=NOCC)C[C@@H]1N(CCC)C(=O)C1CC1)[C@H]32. The molecule has 0 radical (unpaired) electrons. The van der Waals surface area contributed by atoms with E-state index in [4.69, 9.17) is 24.2 Å². The average molecular weight is 761 g/mol. The molecule has 1 amide bonds. The average Bonchev–Trinajstić information content (AvgIpc) is 4.05. The zero-order valence-electron chi connectivity index (χ0n) is 32.2. The quantitative estimate of drug-likeness (QED) is 0.0536. The molecule has 10 heteroatoms. The van der Waals surface area contributed by atoms with Crippen LogP contribution in [0.25, 0.3) is 0 Å². The minimum Gasteiger partial charge on any atom is -0.493 e. The Labute approximate surface area is 326 Å². The number of nitrogens with zero attached hydrogens (tertiary/aromatic N) is 2. The number of carbonyl (C=O) groups is 1. The lowest BCUT2D eigenvalue weighted by Gasteiger charge is -2.60. The highest BCUT2D eigenvalue weighted by Crippen LogP contribution is 2.62. The largest absolute Gasteiger partial charge is 0.493 e. The van der Waals surface area contributed by atoms with Gasteiger partial charge in [0, 0.05) is 54.2 Å². The Balaban J connectivity index is 1.48. The van der Waals surface area contributed by atoms with Crippen LogP contribution in [0.5, 0.6) is 11.5 Å². The highest BCUT2D eigenvalue weighted by atomic mass is 32.2. The van der Waals surface area contributed by atoms with Crippen molar-refractivity contribution in [3.05, 3.63) is 78.4 Å². The standard InChI is InChI=1S/C44H60N2O7S/c1-4-22-46(43(49)31-18-19-31)40-30-38(45-52-6-3)36-28-32(14-10-12-23-47)35(17-11-13-24-48)41-37-29-33(50-26-27-54-34-15-8-7-9-16-34)20-21-39(37)53-44(40,42(36)41)51-25-5-2/h5,7-9,15-16,20-21,28-29,31-32,35,40-42,47-48H,2,4,6,10-14,17-19,22-27,30H2,1,3H3/t32-,35+,40-,41+,42+,44+/m0/s1. The highest BCUT2D eigenvalue weighted by Gasteiger charge is 2.65. The minimum absolute atomic E-state index is 0.0251. The van der Waals surface area contributed by atoms with Gasteiger partial charge >= 0.3 is 0 Å². The van der Waals surface area contributed by atoms with Crippen molar-refractivity contribution in [2.24, 2.45) is 28.8 Å². The summed E-state index contributed by atoms with van der Waals surface area (Å²) in [6, 6.07) is 16.1. The molecule has 6 atom stereocenters. The molecular formula is C44H60N2O7S. The first-order chi connectivity index (χ1) is 26.5. The molecule has 0 spiro atoms. The Morgan fingerprint density at radius 2 is 1.85 bits per heavy atom. The van der Waals surface area contributed by atoms with E-state index >= 15 is 0 Å². The Morgan fingerprint density at radius 3 is 2.56 bits per heavy atom. The predicted molar refractivity (Wildman–Crippen MR) is 214 cm³/mol. The fourth-order valence-electron chi connectivity index (χ4n) is 8.94. The van der Waals surface area contributed by atoms with E-state index in [1.165, 1.54) is 4.90 Å². The Bertz CT molecular complexity index is 1600. The van der Waals surface area contributed by atoms with E-state index in [9.17, 15) is 15.0 Å². The van der Waals surface area contributed by atoms with Gasteiger partial charge in [0.25, 0.3) is 0 Å². The molecule has 4 aliphatic rings. The monoisotopic (exact) mass is 760 g/mol. The second-order valence-corrected chi connectivity index (χ2v) is 16.2. The predicted octanol–water partition coefficient (Wildman–Crippen LogP) is 8.16. The lowest BCUT2D eigenvalue weighted by atomic mass is 9.55. The van der Waals surface area contributed by atoms with Crippen molar-refractivity contribution in [2.75, 3.05) is 45.3 Å². The summed E-state index contributed by atoms with van der Waals surface area (Å²) in [6.07, 6.45) is 12.2. The molecule has 2 aromatic carbocycles. The number of ether oxygens (including phenoxy) is 3. The van der Waals surface area contributed by atoms with Crippen LogP contribution >= 0.6 is 11.8 Å². The van der Waals surface area contributed by atoms with Gasteiger partial charge in [0.1, 0.15) is 24.1 Å². The summed E-state index contributed by atoms with van der Waals surface area (Å²) in [7, 11) is 0. The van der Waals surface area contributed by atoms with Crippen molar-refractivity contribution in [1.82, 2.24) is 4.90 Å². The molecule has 1 heterocycles.